The van der Waals surface area contributed by atoms with Gasteiger partial charge in [-0.15, -0.1) is 0 Å². The Morgan fingerprint density at radius 1 is 1.53 bits per heavy atom. The summed E-state index contributed by atoms with van der Waals surface area (Å²) in [4.78, 5) is 0. The standard InChI is InChI=1S/C10H12BrNO2S/c1-3-15(13,14)12(2)8-9-5-4-6-10(11)7-9/h3-7H,1,8H2,2H3. The molecule has 0 radical (unpaired) electrons. The predicted molar refractivity (Wildman–Crippen MR) is 64.7 cm³/mol. The maximum atomic E-state index is 11.4. The molecule has 15 heavy (non-hydrogen) atoms. The number of nitrogens with zero attached hydrogens (tertiary/aromatic N) is 1. The molecular formula is C10H12BrNO2S. The lowest BCUT2D eigenvalue weighted by molar-refractivity contribution is 0.475. The zero-order valence-corrected chi connectivity index (χ0v) is 10.8. The van der Waals surface area contributed by atoms with Crippen molar-refractivity contribution in [3.05, 3.63) is 46.3 Å². The van der Waals surface area contributed by atoms with Crippen LogP contribution in [0.4, 0.5) is 0 Å². The molecule has 0 aromatic heterocycles. The van der Waals surface area contributed by atoms with Crippen LogP contribution >= 0.6 is 15.9 Å². The van der Waals surface area contributed by atoms with Gasteiger partial charge in [0, 0.05) is 23.5 Å². The summed E-state index contributed by atoms with van der Waals surface area (Å²) >= 11 is 3.33. The van der Waals surface area contributed by atoms with Gasteiger partial charge >= 0.3 is 0 Å². The third-order valence-corrected chi connectivity index (χ3v) is 3.85. The normalized spacial score (nSPS) is 11.7. The topological polar surface area (TPSA) is 37.4 Å². The molecule has 0 heterocycles. The third-order valence-electron chi connectivity index (χ3n) is 1.94. The van der Waals surface area contributed by atoms with E-state index in [2.05, 4.69) is 22.5 Å². The molecule has 0 amide bonds. The summed E-state index contributed by atoms with van der Waals surface area (Å²) in [5, 5.41) is 0.949. The van der Waals surface area contributed by atoms with Crippen LogP contribution in [-0.4, -0.2) is 19.8 Å². The van der Waals surface area contributed by atoms with Crippen molar-refractivity contribution < 1.29 is 8.42 Å². The summed E-state index contributed by atoms with van der Waals surface area (Å²) in [6.07, 6.45) is 0. The number of sulfonamides is 1. The summed E-state index contributed by atoms with van der Waals surface area (Å²) in [7, 11) is -1.80. The van der Waals surface area contributed by atoms with Crippen molar-refractivity contribution in [1.82, 2.24) is 4.31 Å². The molecule has 0 saturated heterocycles. The van der Waals surface area contributed by atoms with Crippen molar-refractivity contribution in [2.75, 3.05) is 7.05 Å². The van der Waals surface area contributed by atoms with Crippen LogP contribution in [0.25, 0.3) is 0 Å². The molecule has 0 bridgehead atoms. The number of benzene rings is 1. The maximum Gasteiger partial charge on any atom is 0.235 e. The molecule has 0 atom stereocenters. The minimum absolute atomic E-state index is 0.341. The van der Waals surface area contributed by atoms with Gasteiger partial charge in [0.2, 0.25) is 10.0 Å². The highest BCUT2D eigenvalue weighted by Gasteiger charge is 2.13. The van der Waals surface area contributed by atoms with Gasteiger partial charge in [-0.05, 0) is 17.7 Å². The van der Waals surface area contributed by atoms with Crippen molar-refractivity contribution in [3.8, 4) is 0 Å². The largest absolute Gasteiger partial charge is 0.235 e. The molecule has 3 nitrogen and oxygen atoms in total. The zero-order valence-electron chi connectivity index (χ0n) is 8.35. The summed E-state index contributed by atoms with van der Waals surface area (Å²) < 4.78 is 25.0. The SMILES string of the molecule is C=CS(=O)(=O)N(C)Cc1cccc(Br)c1. The first-order valence-electron chi connectivity index (χ1n) is 4.29. The molecule has 1 rings (SSSR count). The smallest absolute Gasteiger partial charge is 0.208 e. The van der Waals surface area contributed by atoms with E-state index in [4.69, 9.17) is 0 Å². The van der Waals surface area contributed by atoms with Gasteiger partial charge in [-0.2, -0.15) is 4.31 Å². The Kier molecular flexibility index (Phi) is 4.07. The van der Waals surface area contributed by atoms with Crippen LogP contribution in [0.1, 0.15) is 5.56 Å². The first kappa shape index (κ1) is 12.4. The van der Waals surface area contributed by atoms with E-state index in [1.165, 1.54) is 11.4 Å². The van der Waals surface area contributed by atoms with Crippen molar-refractivity contribution in [2.24, 2.45) is 0 Å². The van der Waals surface area contributed by atoms with E-state index in [0.717, 1.165) is 15.4 Å². The highest BCUT2D eigenvalue weighted by molar-refractivity contribution is 9.10. The molecule has 0 aliphatic carbocycles. The van der Waals surface area contributed by atoms with E-state index in [1.807, 2.05) is 24.3 Å². The van der Waals surface area contributed by atoms with Gasteiger partial charge < -0.3 is 0 Å². The van der Waals surface area contributed by atoms with Crippen molar-refractivity contribution in [1.29, 1.82) is 0 Å². The van der Waals surface area contributed by atoms with E-state index in [-0.39, 0.29) is 0 Å². The van der Waals surface area contributed by atoms with Gasteiger partial charge in [0.15, 0.2) is 0 Å². The second kappa shape index (κ2) is 4.92. The fourth-order valence-corrected chi connectivity index (χ4v) is 2.14. The molecule has 0 N–H and O–H groups in total. The van der Waals surface area contributed by atoms with Gasteiger partial charge in [0.05, 0.1) is 0 Å². The van der Waals surface area contributed by atoms with Crippen LogP contribution < -0.4 is 0 Å². The quantitative estimate of drug-likeness (QED) is 0.853. The fraction of sp³-hybridized carbons (Fsp3) is 0.200. The number of hydrogen-bond donors (Lipinski definition) is 0. The van der Waals surface area contributed by atoms with Gasteiger partial charge in [-0.3, -0.25) is 0 Å². The Morgan fingerprint density at radius 3 is 2.73 bits per heavy atom. The lowest BCUT2D eigenvalue weighted by Gasteiger charge is -2.14. The van der Waals surface area contributed by atoms with Crippen LogP contribution in [-0.2, 0) is 16.6 Å². The highest BCUT2D eigenvalue weighted by atomic mass is 79.9. The summed E-state index contributed by atoms with van der Waals surface area (Å²) in [5.74, 6) is 0. The van der Waals surface area contributed by atoms with Gasteiger partial charge in [0.1, 0.15) is 0 Å². The Morgan fingerprint density at radius 2 is 2.20 bits per heavy atom. The first-order chi connectivity index (χ1) is 6.95. The van der Waals surface area contributed by atoms with Gasteiger partial charge in [0.25, 0.3) is 0 Å². The van der Waals surface area contributed by atoms with E-state index in [1.54, 1.807) is 0 Å². The molecule has 0 aliphatic heterocycles. The first-order valence-corrected chi connectivity index (χ1v) is 6.58. The molecule has 0 spiro atoms. The highest BCUT2D eigenvalue weighted by Crippen LogP contribution is 2.14. The molecule has 0 aliphatic rings. The molecular weight excluding hydrogens is 278 g/mol. The molecule has 0 saturated carbocycles. The van der Waals surface area contributed by atoms with Crippen LogP contribution in [0, 0.1) is 0 Å². The van der Waals surface area contributed by atoms with Crippen molar-refractivity contribution >= 4 is 26.0 Å². The molecule has 0 unspecified atom stereocenters. The Balaban J connectivity index is 2.84. The minimum Gasteiger partial charge on any atom is -0.208 e. The van der Waals surface area contributed by atoms with Crippen molar-refractivity contribution in [3.63, 3.8) is 0 Å². The average Bonchev–Trinajstić information content (AvgIpc) is 2.17. The fourth-order valence-electron chi connectivity index (χ4n) is 1.11. The van der Waals surface area contributed by atoms with E-state index in [9.17, 15) is 8.42 Å². The summed E-state index contributed by atoms with van der Waals surface area (Å²) in [5.41, 5.74) is 0.928. The average molecular weight is 290 g/mol. The lowest BCUT2D eigenvalue weighted by Crippen LogP contribution is -2.24. The number of rotatable bonds is 4. The number of halogens is 1. The minimum atomic E-state index is -3.33. The molecule has 1 aromatic rings. The molecule has 82 valence electrons. The van der Waals surface area contributed by atoms with Crippen LogP contribution in [0.5, 0.6) is 0 Å². The predicted octanol–water partition coefficient (Wildman–Crippen LogP) is 2.35. The number of hydrogen-bond acceptors (Lipinski definition) is 2. The van der Waals surface area contributed by atoms with Gasteiger partial charge in [-0.1, -0.05) is 34.6 Å². The van der Waals surface area contributed by atoms with Crippen molar-refractivity contribution in [2.45, 2.75) is 6.54 Å². The monoisotopic (exact) mass is 289 g/mol. The van der Waals surface area contributed by atoms with E-state index >= 15 is 0 Å². The summed E-state index contributed by atoms with van der Waals surface area (Å²) in [6.45, 7) is 3.61. The van der Waals surface area contributed by atoms with E-state index in [0.29, 0.717) is 6.54 Å². The second-order valence-electron chi connectivity index (χ2n) is 3.10. The summed E-state index contributed by atoms with van der Waals surface area (Å²) in [6, 6.07) is 7.52. The molecule has 0 fully saturated rings. The van der Waals surface area contributed by atoms with Crippen LogP contribution in [0.2, 0.25) is 0 Å². The second-order valence-corrected chi connectivity index (χ2v) is 6.00. The van der Waals surface area contributed by atoms with E-state index < -0.39 is 10.0 Å². The third kappa shape index (κ3) is 3.44. The van der Waals surface area contributed by atoms with Crippen LogP contribution in [0.3, 0.4) is 0 Å². The molecule has 1 aromatic carbocycles. The van der Waals surface area contributed by atoms with Crippen LogP contribution in [0.15, 0.2) is 40.7 Å². The maximum absolute atomic E-state index is 11.4. The Hall–Kier alpha value is -0.650. The van der Waals surface area contributed by atoms with Gasteiger partial charge in [-0.25, -0.2) is 8.42 Å². The Bertz CT molecular complexity index is 456. The molecule has 5 heteroatoms. The lowest BCUT2D eigenvalue weighted by atomic mass is 10.2. The zero-order chi connectivity index (χ0) is 11.5. The Labute approximate surface area is 98.6 Å².